The smallest absolute Gasteiger partial charge is 0.177 e. The van der Waals surface area contributed by atoms with Gasteiger partial charge in [-0.15, -0.1) is 5.10 Å². The van der Waals surface area contributed by atoms with Gasteiger partial charge in [-0.3, -0.25) is 0 Å². The van der Waals surface area contributed by atoms with Crippen molar-refractivity contribution in [1.29, 1.82) is 0 Å². The zero-order valence-electron chi connectivity index (χ0n) is 15.4. The summed E-state index contributed by atoms with van der Waals surface area (Å²) < 4.78 is 1.75. The van der Waals surface area contributed by atoms with Gasteiger partial charge in [0.05, 0.1) is 5.69 Å². The number of aromatic nitrogens is 3. The predicted octanol–water partition coefficient (Wildman–Crippen LogP) is 3.66. The fourth-order valence-corrected chi connectivity index (χ4v) is 4.01. The Morgan fingerprint density at radius 2 is 1.92 bits per heavy atom. The summed E-state index contributed by atoms with van der Waals surface area (Å²) in [4.78, 5) is 4.53. The van der Waals surface area contributed by atoms with Gasteiger partial charge in [-0.1, -0.05) is 17.7 Å². The molecule has 0 unspecified atom stereocenters. The van der Waals surface area contributed by atoms with E-state index in [0.29, 0.717) is 17.8 Å². The van der Waals surface area contributed by atoms with Crippen molar-refractivity contribution in [3.8, 4) is 0 Å². The summed E-state index contributed by atoms with van der Waals surface area (Å²) in [6.07, 6.45) is 7.70. The first-order valence-corrected chi connectivity index (χ1v) is 9.25. The summed E-state index contributed by atoms with van der Waals surface area (Å²) in [5, 5.41) is 8.14. The molecule has 0 spiro atoms. The van der Waals surface area contributed by atoms with E-state index in [-0.39, 0.29) is 0 Å². The third-order valence-electron chi connectivity index (χ3n) is 5.43. The van der Waals surface area contributed by atoms with Crippen LogP contribution in [-0.4, -0.2) is 20.6 Å². The van der Waals surface area contributed by atoms with Gasteiger partial charge in [0.2, 0.25) is 0 Å². The molecule has 1 saturated carbocycles. The lowest BCUT2D eigenvalue weighted by atomic mass is 9.81. The molecule has 0 radical (unpaired) electrons. The highest BCUT2D eigenvalue weighted by Gasteiger charge is 2.27. The third-order valence-corrected chi connectivity index (χ3v) is 5.43. The van der Waals surface area contributed by atoms with E-state index in [1.54, 1.807) is 10.7 Å². The molecule has 6 heteroatoms. The normalized spacial score (nSPS) is 20.4. The molecule has 136 valence electrons. The van der Waals surface area contributed by atoms with Gasteiger partial charge in [-0.05, 0) is 57.1 Å². The van der Waals surface area contributed by atoms with E-state index >= 15 is 0 Å². The molecule has 0 saturated heterocycles. The molecule has 0 atom stereocenters. The number of aryl methyl sites for hydroxylation is 2. The van der Waals surface area contributed by atoms with Gasteiger partial charge in [0.15, 0.2) is 5.65 Å². The monoisotopic (exact) mass is 350 g/mol. The largest absolute Gasteiger partial charge is 0.382 e. The van der Waals surface area contributed by atoms with E-state index in [1.807, 2.05) is 6.20 Å². The first-order chi connectivity index (χ1) is 12.5. The van der Waals surface area contributed by atoms with Crippen LogP contribution >= 0.6 is 0 Å². The number of nitrogens with two attached hydrogens (primary N) is 2. The van der Waals surface area contributed by atoms with Crippen LogP contribution in [0.2, 0.25) is 0 Å². The lowest BCUT2D eigenvalue weighted by molar-refractivity contribution is 0.396. The fourth-order valence-electron chi connectivity index (χ4n) is 4.01. The van der Waals surface area contributed by atoms with Crippen molar-refractivity contribution in [2.45, 2.75) is 51.5 Å². The molecule has 26 heavy (non-hydrogen) atoms. The molecule has 6 nitrogen and oxygen atoms in total. The molecule has 4 rings (SSSR count). The van der Waals surface area contributed by atoms with E-state index in [4.69, 9.17) is 11.5 Å². The minimum atomic E-state index is 0.298. The van der Waals surface area contributed by atoms with Crippen molar-refractivity contribution in [1.82, 2.24) is 14.6 Å². The van der Waals surface area contributed by atoms with E-state index < -0.39 is 0 Å². The van der Waals surface area contributed by atoms with Gasteiger partial charge in [-0.2, -0.15) is 0 Å². The highest BCUT2D eigenvalue weighted by atomic mass is 15.3. The van der Waals surface area contributed by atoms with E-state index in [9.17, 15) is 0 Å². The summed E-state index contributed by atoms with van der Waals surface area (Å²) in [7, 11) is 0. The van der Waals surface area contributed by atoms with Gasteiger partial charge in [0.1, 0.15) is 5.82 Å². The quantitative estimate of drug-likeness (QED) is 0.670. The first kappa shape index (κ1) is 16.8. The van der Waals surface area contributed by atoms with Crippen LogP contribution in [0.5, 0.6) is 0 Å². The summed E-state index contributed by atoms with van der Waals surface area (Å²) >= 11 is 0. The molecule has 1 aliphatic carbocycles. The van der Waals surface area contributed by atoms with Crippen LogP contribution < -0.4 is 16.8 Å². The van der Waals surface area contributed by atoms with Crippen molar-refractivity contribution in [2.75, 3.05) is 11.1 Å². The molecular weight excluding hydrogens is 324 g/mol. The summed E-state index contributed by atoms with van der Waals surface area (Å²) in [6.45, 7) is 4.21. The van der Waals surface area contributed by atoms with Gasteiger partial charge < -0.3 is 16.8 Å². The Balaban J connectivity index is 1.82. The Morgan fingerprint density at radius 1 is 1.15 bits per heavy atom. The average molecular weight is 350 g/mol. The third kappa shape index (κ3) is 3.01. The minimum absolute atomic E-state index is 0.298. The average Bonchev–Trinajstić information content (AvgIpc) is 3.06. The summed E-state index contributed by atoms with van der Waals surface area (Å²) in [5.74, 6) is 0.931. The lowest BCUT2D eigenvalue weighted by Gasteiger charge is -2.29. The van der Waals surface area contributed by atoms with Crippen molar-refractivity contribution in [3.63, 3.8) is 0 Å². The first-order valence-electron chi connectivity index (χ1n) is 9.25. The van der Waals surface area contributed by atoms with Crippen LogP contribution in [0.15, 0.2) is 30.6 Å². The van der Waals surface area contributed by atoms with E-state index in [2.05, 4.69) is 47.4 Å². The number of fused-ring (bicyclic) bond motifs is 1. The lowest BCUT2D eigenvalue weighted by Crippen LogP contribution is -2.26. The van der Waals surface area contributed by atoms with Crippen LogP contribution in [0.25, 0.3) is 5.65 Å². The maximum atomic E-state index is 6.40. The fraction of sp³-hybridized carbons (Fsp3) is 0.400. The van der Waals surface area contributed by atoms with E-state index in [0.717, 1.165) is 48.3 Å². The second-order valence-electron chi connectivity index (χ2n) is 7.42. The molecule has 1 aromatic carbocycles. The molecule has 2 heterocycles. The zero-order chi connectivity index (χ0) is 18.3. The Morgan fingerprint density at radius 3 is 2.65 bits per heavy atom. The predicted molar refractivity (Wildman–Crippen MR) is 106 cm³/mol. The van der Waals surface area contributed by atoms with Crippen LogP contribution in [0, 0.1) is 13.8 Å². The van der Waals surface area contributed by atoms with Crippen LogP contribution in [0.4, 0.5) is 17.2 Å². The molecule has 5 N–H and O–H groups in total. The number of imidazole rings is 1. The number of hydrogen-bond donors (Lipinski definition) is 3. The number of nitrogen functional groups attached to an aromatic ring is 1. The van der Waals surface area contributed by atoms with Crippen molar-refractivity contribution in [3.05, 3.63) is 47.3 Å². The van der Waals surface area contributed by atoms with Gasteiger partial charge in [0.25, 0.3) is 0 Å². The molecule has 1 aliphatic rings. The molecule has 1 fully saturated rings. The van der Waals surface area contributed by atoms with Crippen molar-refractivity contribution in [2.24, 2.45) is 5.73 Å². The Bertz CT molecular complexity index is 937. The van der Waals surface area contributed by atoms with Crippen molar-refractivity contribution >= 4 is 22.8 Å². The Hall–Kier alpha value is -2.60. The molecule has 0 aliphatic heterocycles. The second-order valence-corrected chi connectivity index (χ2v) is 7.42. The van der Waals surface area contributed by atoms with Crippen LogP contribution in [0.3, 0.4) is 0 Å². The highest BCUT2D eigenvalue weighted by molar-refractivity contribution is 5.81. The number of hydrogen-bond acceptors (Lipinski definition) is 5. The number of nitrogens with zero attached hydrogens (tertiary/aromatic N) is 3. The highest BCUT2D eigenvalue weighted by Crippen LogP contribution is 2.41. The molecule has 2 aromatic heterocycles. The van der Waals surface area contributed by atoms with Crippen LogP contribution in [0.1, 0.15) is 48.3 Å². The van der Waals surface area contributed by atoms with Crippen molar-refractivity contribution < 1.29 is 0 Å². The Labute approximate surface area is 153 Å². The summed E-state index contributed by atoms with van der Waals surface area (Å²) in [5.41, 5.74) is 18.9. The van der Waals surface area contributed by atoms with Gasteiger partial charge >= 0.3 is 0 Å². The Kier molecular flexibility index (Phi) is 4.28. The maximum absolute atomic E-state index is 6.40. The van der Waals surface area contributed by atoms with Gasteiger partial charge in [0, 0.05) is 29.7 Å². The second kappa shape index (κ2) is 6.61. The topological polar surface area (TPSA) is 94.3 Å². The molecule has 3 aromatic rings. The molecule has 0 bridgehead atoms. The zero-order valence-corrected chi connectivity index (χ0v) is 15.4. The number of nitrogens with one attached hydrogen (secondary N) is 1. The minimum Gasteiger partial charge on any atom is -0.382 e. The number of rotatable bonds is 3. The standard InChI is InChI=1S/C20H26N6/c1-12-3-8-16(13(2)11-12)24-18-17(14-4-6-15(21)7-5-14)19(22)25-26-10-9-23-20(18)26/h3,8-11,14-15,24H,4-7,21H2,1-2H3,(H2,22,25). The maximum Gasteiger partial charge on any atom is 0.177 e. The molecule has 0 amide bonds. The number of benzene rings is 1. The van der Waals surface area contributed by atoms with Gasteiger partial charge in [-0.25, -0.2) is 9.50 Å². The van der Waals surface area contributed by atoms with E-state index in [1.165, 1.54) is 11.1 Å². The summed E-state index contributed by atoms with van der Waals surface area (Å²) in [6, 6.07) is 6.70. The number of anilines is 3. The SMILES string of the molecule is Cc1ccc(Nc2c(C3CCC(N)CC3)c(N)nn3ccnc23)c(C)c1. The molecular formula is C20H26N6. The van der Waals surface area contributed by atoms with Crippen LogP contribution in [-0.2, 0) is 0 Å².